The summed E-state index contributed by atoms with van der Waals surface area (Å²) in [5.41, 5.74) is 2.22. The van der Waals surface area contributed by atoms with Gasteiger partial charge in [0.2, 0.25) is 0 Å². The fraction of sp³-hybridized carbons (Fsp3) is 0.150. The highest BCUT2D eigenvalue weighted by atomic mass is 16.6. The molecule has 0 aromatic heterocycles. The quantitative estimate of drug-likeness (QED) is 0.744. The van der Waals surface area contributed by atoms with Crippen LogP contribution in [0.3, 0.4) is 0 Å². The van der Waals surface area contributed by atoms with E-state index in [1.807, 2.05) is 48.6 Å². The first-order valence-electron chi connectivity index (χ1n) is 7.65. The number of amides is 1. The largest absolute Gasteiger partial charge is 0.419 e. The topological polar surface area (TPSA) is 29.5 Å². The molecule has 2 atom stereocenters. The first kappa shape index (κ1) is 15.1. The van der Waals surface area contributed by atoms with Gasteiger partial charge in [0.15, 0.2) is 0 Å². The first-order chi connectivity index (χ1) is 11.2. The van der Waals surface area contributed by atoms with Gasteiger partial charge in [0.25, 0.3) is 0 Å². The normalized spacial score (nSPS) is 17.3. The zero-order valence-corrected chi connectivity index (χ0v) is 13.1. The summed E-state index contributed by atoms with van der Waals surface area (Å²) in [5, 5.41) is 0. The van der Waals surface area contributed by atoms with Crippen LogP contribution in [-0.2, 0) is 0 Å². The predicted molar refractivity (Wildman–Crippen MR) is 91.9 cm³/mol. The molecule has 23 heavy (non-hydrogen) atoms. The summed E-state index contributed by atoms with van der Waals surface area (Å²) in [6.07, 6.45) is 5.20. The molecule has 0 saturated heterocycles. The van der Waals surface area contributed by atoms with E-state index in [-0.39, 0.29) is 18.1 Å². The van der Waals surface area contributed by atoms with E-state index in [2.05, 4.69) is 19.6 Å². The summed E-state index contributed by atoms with van der Waals surface area (Å²) in [4.78, 5) is 14.3. The van der Waals surface area contributed by atoms with E-state index in [4.69, 9.17) is 4.74 Å². The second kappa shape index (κ2) is 6.53. The fourth-order valence-electron chi connectivity index (χ4n) is 2.82. The molecular formula is C20H19NO2. The Balaban J connectivity index is 1.91. The van der Waals surface area contributed by atoms with Gasteiger partial charge in [-0.3, -0.25) is 4.90 Å². The van der Waals surface area contributed by atoms with Crippen molar-refractivity contribution >= 4 is 12.2 Å². The van der Waals surface area contributed by atoms with E-state index < -0.39 is 0 Å². The van der Waals surface area contributed by atoms with Crippen LogP contribution in [0.4, 0.5) is 4.79 Å². The maximum Gasteiger partial charge on any atom is 0.419 e. The van der Waals surface area contributed by atoms with Gasteiger partial charge in [0, 0.05) is 6.20 Å². The minimum atomic E-state index is -0.388. The molecule has 0 fully saturated rings. The van der Waals surface area contributed by atoms with Crippen molar-refractivity contribution in [2.75, 3.05) is 0 Å². The second-order valence-corrected chi connectivity index (χ2v) is 5.57. The maximum absolute atomic E-state index is 12.6. The number of nitrogens with zero attached hydrogens (tertiary/aromatic N) is 1. The van der Waals surface area contributed by atoms with Crippen LogP contribution in [0.2, 0.25) is 0 Å². The van der Waals surface area contributed by atoms with Crippen LogP contribution < -0.4 is 4.74 Å². The molecule has 0 radical (unpaired) electrons. The molecule has 0 spiro atoms. The molecule has 0 N–H and O–H groups in total. The summed E-state index contributed by atoms with van der Waals surface area (Å²) < 4.78 is 5.50. The van der Waals surface area contributed by atoms with Crippen molar-refractivity contribution in [1.82, 2.24) is 4.90 Å². The van der Waals surface area contributed by atoms with Gasteiger partial charge in [-0.05, 0) is 35.3 Å². The van der Waals surface area contributed by atoms with Crippen LogP contribution in [0.1, 0.15) is 24.1 Å². The molecule has 2 aromatic rings. The van der Waals surface area contributed by atoms with Crippen molar-refractivity contribution < 1.29 is 9.53 Å². The van der Waals surface area contributed by atoms with E-state index in [1.165, 1.54) is 0 Å². The molecule has 0 saturated carbocycles. The van der Waals surface area contributed by atoms with Gasteiger partial charge >= 0.3 is 6.09 Å². The first-order valence-corrected chi connectivity index (χ1v) is 7.65. The minimum absolute atomic E-state index is 0.101. The predicted octanol–water partition coefficient (Wildman–Crippen LogP) is 5.04. The van der Waals surface area contributed by atoms with Crippen LogP contribution in [0.15, 0.2) is 73.5 Å². The van der Waals surface area contributed by atoms with Crippen LogP contribution in [-0.4, -0.2) is 11.0 Å². The van der Waals surface area contributed by atoms with E-state index in [0.717, 1.165) is 11.1 Å². The number of hydrogen-bond donors (Lipinski definition) is 0. The fourth-order valence-corrected chi connectivity index (χ4v) is 2.82. The molecular weight excluding hydrogens is 286 g/mol. The molecule has 2 aromatic carbocycles. The number of fused-ring (bicyclic) bond motifs is 1. The third-order valence-corrected chi connectivity index (χ3v) is 4.06. The molecule has 3 rings (SSSR count). The van der Waals surface area contributed by atoms with Crippen LogP contribution in [0.25, 0.3) is 6.08 Å². The summed E-state index contributed by atoms with van der Waals surface area (Å²) >= 11 is 0. The Kier molecular flexibility index (Phi) is 4.29. The highest BCUT2D eigenvalue weighted by molar-refractivity contribution is 5.76. The van der Waals surface area contributed by atoms with E-state index >= 15 is 0 Å². The summed E-state index contributed by atoms with van der Waals surface area (Å²) in [6.45, 7) is 5.94. The molecule has 3 nitrogen and oxygen atoms in total. The lowest BCUT2D eigenvalue weighted by atomic mass is 9.88. The van der Waals surface area contributed by atoms with Gasteiger partial charge in [0.05, 0.1) is 6.04 Å². The highest BCUT2D eigenvalue weighted by Gasteiger charge is 2.32. The van der Waals surface area contributed by atoms with Crippen LogP contribution in [0, 0.1) is 5.92 Å². The van der Waals surface area contributed by atoms with E-state index in [0.29, 0.717) is 5.75 Å². The molecule has 2 unspecified atom stereocenters. The zero-order valence-electron chi connectivity index (χ0n) is 13.1. The van der Waals surface area contributed by atoms with Crippen molar-refractivity contribution in [3.05, 3.63) is 84.6 Å². The smallest absolute Gasteiger partial charge is 0.410 e. The minimum Gasteiger partial charge on any atom is -0.410 e. The number of hydrogen-bond acceptors (Lipinski definition) is 2. The Bertz CT molecular complexity index is 736. The average molecular weight is 305 g/mol. The van der Waals surface area contributed by atoms with E-state index in [9.17, 15) is 4.79 Å². The molecule has 1 aliphatic rings. The number of benzene rings is 2. The molecule has 0 aliphatic carbocycles. The number of carbonyl (C=O) groups is 1. The standard InChI is InChI=1S/C20H19NO2/c1-3-15(2)19-18-12-8-7-9-16(18)13-14-21(19)20(22)23-17-10-5-4-6-11-17/h3-15,19H,1H2,2H3. The summed E-state index contributed by atoms with van der Waals surface area (Å²) in [6, 6.07) is 17.1. The lowest BCUT2D eigenvalue weighted by Crippen LogP contribution is -2.37. The highest BCUT2D eigenvalue weighted by Crippen LogP contribution is 2.36. The zero-order chi connectivity index (χ0) is 16.2. The van der Waals surface area contributed by atoms with Crippen molar-refractivity contribution in [3.63, 3.8) is 0 Å². The van der Waals surface area contributed by atoms with Crippen molar-refractivity contribution in [1.29, 1.82) is 0 Å². The Hall–Kier alpha value is -2.81. The van der Waals surface area contributed by atoms with Gasteiger partial charge < -0.3 is 4.74 Å². The number of ether oxygens (including phenoxy) is 1. The third-order valence-electron chi connectivity index (χ3n) is 4.06. The SMILES string of the molecule is C=CC(C)C1c2ccccc2C=CN1C(=O)Oc1ccccc1. The lowest BCUT2D eigenvalue weighted by Gasteiger charge is -2.35. The molecule has 1 aliphatic heterocycles. The monoisotopic (exact) mass is 305 g/mol. The summed E-state index contributed by atoms with van der Waals surface area (Å²) in [7, 11) is 0. The molecule has 0 bridgehead atoms. The van der Waals surface area contributed by atoms with Crippen molar-refractivity contribution in [2.24, 2.45) is 5.92 Å². The number of carbonyl (C=O) groups excluding carboxylic acids is 1. The van der Waals surface area contributed by atoms with Gasteiger partial charge in [-0.1, -0.05) is 55.5 Å². The Labute approximate surface area is 136 Å². The molecule has 1 heterocycles. The van der Waals surface area contributed by atoms with Gasteiger partial charge in [-0.2, -0.15) is 0 Å². The Morgan fingerprint density at radius 2 is 1.87 bits per heavy atom. The van der Waals surface area contributed by atoms with Gasteiger partial charge in [0.1, 0.15) is 5.75 Å². The van der Waals surface area contributed by atoms with Crippen LogP contribution >= 0.6 is 0 Å². The Morgan fingerprint density at radius 3 is 2.61 bits per heavy atom. The maximum atomic E-state index is 12.6. The lowest BCUT2D eigenvalue weighted by molar-refractivity contribution is 0.145. The number of rotatable bonds is 3. The average Bonchev–Trinajstić information content (AvgIpc) is 2.60. The van der Waals surface area contributed by atoms with E-state index in [1.54, 1.807) is 23.2 Å². The molecule has 1 amide bonds. The van der Waals surface area contributed by atoms with Gasteiger partial charge in [-0.25, -0.2) is 4.79 Å². The third kappa shape index (κ3) is 3.04. The summed E-state index contributed by atoms with van der Waals surface area (Å²) in [5.74, 6) is 0.638. The van der Waals surface area contributed by atoms with Crippen LogP contribution in [0.5, 0.6) is 5.75 Å². The van der Waals surface area contributed by atoms with Crippen molar-refractivity contribution in [3.8, 4) is 5.75 Å². The van der Waals surface area contributed by atoms with Gasteiger partial charge in [-0.15, -0.1) is 6.58 Å². The Morgan fingerprint density at radius 1 is 1.17 bits per heavy atom. The second-order valence-electron chi connectivity index (χ2n) is 5.57. The molecule has 116 valence electrons. The van der Waals surface area contributed by atoms with Crippen molar-refractivity contribution in [2.45, 2.75) is 13.0 Å². The number of para-hydroxylation sites is 1. The molecule has 3 heteroatoms.